The molecule has 0 fully saturated rings. The lowest BCUT2D eigenvalue weighted by Gasteiger charge is -1.60. The van der Waals surface area contributed by atoms with Crippen LogP contribution in [0.4, 0.5) is 24.0 Å². The molecule has 0 atom stereocenters. The van der Waals surface area contributed by atoms with E-state index in [0.717, 1.165) is 0 Å². The number of hydrogen-bond donors (Lipinski definition) is 14. The average molecular weight is 378 g/mol. The molecule has 19 nitrogen and oxygen atoms in total. The highest BCUT2D eigenvalue weighted by Crippen LogP contribution is 1.44. The van der Waals surface area contributed by atoms with E-state index >= 15 is 0 Å². The van der Waals surface area contributed by atoms with Crippen LogP contribution in [0.5, 0.6) is 0 Å². The Morgan fingerprint density at radius 3 is 0.292 bits per heavy atom. The molecule has 0 aliphatic carbocycles. The highest BCUT2D eigenvalue weighted by atomic mass is 16.6. The fourth-order valence-corrected chi connectivity index (χ4v) is 0. The molecule has 0 rings (SSSR count). The molecule has 0 bridgehead atoms. The predicted molar refractivity (Wildman–Crippen MR) is 73.4 cm³/mol. The van der Waals surface area contributed by atoms with Crippen molar-refractivity contribution in [2.45, 2.75) is 0 Å². The van der Waals surface area contributed by atoms with Gasteiger partial charge in [-0.3, -0.25) is 0 Å². The smallest absolute Gasteiger partial charge is 0.450 e. The van der Waals surface area contributed by atoms with Crippen LogP contribution in [0.25, 0.3) is 0 Å². The second-order valence-corrected chi connectivity index (χ2v) is 1.41. The van der Waals surface area contributed by atoms with Crippen LogP contribution in [0.3, 0.4) is 0 Å². The molecule has 0 aliphatic heterocycles. The maximum absolute atomic E-state index is 8.56. The Labute approximate surface area is 132 Å². The second-order valence-electron chi connectivity index (χ2n) is 1.41. The minimum atomic E-state index is -1.83. The Bertz CT molecular complexity index is 217. The average Bonchev–Trinajstić information content (AvgIpc) is 1.94. The Morgan fingerprint density at radius 2 is 0.292 bits per heavy atom. The quantitative estimate of drug-likeness (QED) is 0.285. The van der Waals surface area contributed by atoms with Crippen molar-refractivity contribution < 1.29 is 75.0 Å². The monoisotopic (exact) mass is 378 g/mol. The van der Waals surface area contributed by atoms with Crippen molar-refractivity contribution in [3.8, 4) is 0 Å². The van der Waals surface area contributed by atoms with Crippen molar-refractivity contribution >= 4 is 30.8 Å². The third-order valence-electron chi connectivity index (χ3n) is 0. The molecule has 0 aromatic rings. The summed E-state index contributed by atoms with van der Waals surface area (Å²) in [5, 5.41) is 69.7. The highest BCUT2D eigenvalue weighted by Gasteiger charge is 1.71. The minimum Gasteiger partial charge on any atom is -0.450 e. The van der Waals surface area contributed by atoms with Crippen LogP contribution in [0.15, 0.2) is 0 Å². The van der Waals surface area contributed by atoms with Gasteiger partial charge < -0.3 is 75.7 Å². The summed E-state index contributed by atoms with van der Waals surface area (Å²) < 4.78 is 0. The van der Waals surface area contributed by atoms with E-state index in [4.69, 9.17) is 75.0 Å². The van der Waals surface area contributed by atoms with E-state index in [0.29, 0.717) is 0 Å². The van der Waals surface area contributed by atoms with Gasteiger partial charge in [0, 0.05) is 0 Å². The molecule has 152 valence electrons. The Hall–Kier alpha value is -3.81. The first-order valence-corrected chi connectivity index (χ1v) is 3.26. The zero-order chi connectivity index (χ0) is 17.9. The third-order valence-corrected chi connectivity index (χ3v) is 0. The van der Waals surface area contributed by atoms with E-state index in [1.807, 2.05) is 0 Å². The molecule has 0 aliphatic rings. The Balaban J connectivity index is -0.0000000161. The SMILES string of the molecule is N.N.N.N.O=C(O)O.O=C(O)O.O=C(O)O.O=C(O)O.O=C(O)O. The number of carboxylic acid groups (broad SMARTS) is 10. The summed E-state index contributed by atoms with van der Waals surface area (Å²) in [7, 11) is 0. The van der Waals surface area contributed by atoms with Crippen LogP contribution in [-0.2, 0) is 0 Å². The molecule has 22 N–H and O–H groups in total. The van der Waals surface area contributed by atoms with E-state index in [2.05, 4.69) is 0 Å². The topological polar surface area (TPSA) is 428 Å². The molecule has 19 heteroatoms. The van der Waals surface area contributed by atoms with Gasteiger partial charge in [0.1, 0.15) is 0 Å². The summed E-state index contributed by atoms with van der Waals surface area (Å²) in [6, 6.07) is 0. The third kappa shape index (κ3) is 370. The number of carbonyl (C=O) groups is 5. The van der Waals surface area contributed by atoms with Gasteiger partial charge in [-0.25, -0.2) is 24.0 Å². The molecule has 0 aromatic heterocycles. The first kappa shape index (κ1) is 59.4. The van der Waals surface area contributed by atoms with E-state index in [9.17, 15) is 0 Å². The molecule has 0 heterocycles. The molecule has 0 radical (unpaired) electrons. The minimum absolute atomic E-state index is 0. The van der Waals surface area contributed by atoms with Crippen LogP contribution in [0, 0.1) is 0 Å². The number of rotatable bonds is 0. The molecule has 0 amide bonds. The first-order valence-electron chi connectivity index (χ1n) is 3.26. The summed E-state index contributed by atoms with van der Waals surface area (Å²) in [4.78, 5) is 42.8. The van der Waals surface area contributed by atoms with E-state index in [1.54, 1.807) is 0 Å². The van der Waals surface area contributed by atoms with Crippen LogP contribution in [-0.4, -0.2) is 81.8 Å². The van der Waals surface area contributed by atoms with Gasteiger partial charge in [-0.05, 0) is 0 Å². The van der Waals surface area contributed by atoms with Crippen LogP contribution in [0.2, 0.25) is 0 Å². The van der Waals surface area contributed by atoms with Gasteiger partial charge in [0.15, 0.2) is 0 Å². The van der Waals surface area contributed by atoms with Gasteiger partial charge in [-0.1, -0.05) is 0 Å². The summed E-state index contributed by atoms with van der Waals surface area (Å²) >= 11 is 0. The lowest BCUT2D eigenvalue weighted by atomic mass is 11.5. The van der Waals surface area contributed by atoms with E-state index < -0.39 is 30.8 Å². The van der Waals surface area contributed by atoms with Gasteiger partial charge in [0.05, 0.1) is 0 Å². The highest BCUT2D eigenvalue weighted by molar-refractivity contribution is 5.54. The van der Waals surface area contributed by atoms with Crippen LogP contribution in [0.1, 0.15) is 0 Å². The van der Waals surface area contributed by atoms with Gasteiger partial charge >= 0.3 is 30.8 Å². The maximum Gasteiger partial charge on any atom is 0.503 e. The fraction of sp³-hybridized carbons (Fsp3) is 0. The zero-order valence-electron chi connectivity index (χ0n) is 11.8. The standard InChI is InChI=1S/5CH2O3.4H3N/c5*2-1(3)4;;;;/h5*(H2,2,3,4);4*1H3. The first-order chi connectivity index (χ1) is 8.66. The van der Waals surface area contributed by atoms with Crippen molar-refractivity contribution in [3.05, 3.63) is 0 Å². The van der Waals surface area contributed by atoms with E-state index in [1.165, 1.54) is 0 Å². The largest absolute Gasteiger partial charge is 0.503 e. The summed E-state index contributed by atoms with van der Waals surface area (Å²) in [5.41, 5.74) is 0. The molecule has 0 saturated heterocycles. The Morgan fingerprint density at radius 1 is 0.292 bits per heavy atom. The van der Waals surface area contributed by atoms with Crippen LogP contribution >= 0.6 is 0 Å². The fourth-order valence-electron chi connectivity index (χ4n) is 0. The molecule has 0 saturated carbocycles. The normalized spacial score (nSPS) is 5.00. The van der Waals surface area contributed by atoms with Crippen molar-refractivity contribution in [3.63, 3.8) is 0 Å². The molecule has 0 spiro atoms. The second kappa shape index (κ2) is 50.7. The van der Waals surface area contributed by atoms with Crippen molar-refractivity contribution in [2.24, 2.45) is 0 Å². The van der Waals surface area contributed by atoms with Crippen LogP contribution < -0.4 is 24.6 Å². The summed E-state index contributed by atoms with van der Waals surface area (Å²) in [6.07, 6.45) is -9.17. The van der Waals surface area contributed by atoms with Crippen molar-refractivity contribution in [1.82, 2.24) is 24.6 Å². The van der Waals surface area contributed by atoms with Gasteiger partial charge in [-0.15, -0.1) is 0 Å². The molecular weight excluding hydrogens is 356 g/mol. The van der Waals surface area contributed by atoms with E-state index in [-0.39, 0.29) is 24.6 Å². The zero-order valence-corrected chi connectivity index (χ0v) is 11.8. The van der Waals surface area contributed by atoms with Gasteiger partial charge in [0.2, 0.25) is 0 Å². The van der Waals surface area contributed by atoms with Crippen molar-refractivity contribution in [2.75, 3.05) is 0 Å². The predicted octanol–water partition coefficient (Wildman–Crippen LogP) is 1.76. The maximum atomic E-state index is 8.56. The molecular formula is C5H22N4O15. The molecule has 0 unspecified atom stereocenters. The summed E-state index contributed by atoms with van der Waals surface area (Å²) in [6.45, 7) is 0. The lowest BCUT2D eigenvalue weighted by Crippen LogP contribution is -1.81. The van der Waals surface area contributed by atoms with Crippen molar-refractivity contribution in [1.29, 1.82) is 0 Å². The van der Waals surface area contributed by atoms with Gasteiger partial charge in [0.25, 0.3) is 0 Å². The summed E-state index contributed by atoms with van der Waals surface area (Å²) in [5.74, 6) is 0. The molecule has 24 heavy (non-hydrogen) atoms. The molecule has 0 aromatic carbocycles. The Kier molecular flexibility index (Phi) is 125. The number of hydrogen-bond acceptors (Lipinski definition) is 9. The van der Waals surface area contributed by atoms with Gasteiger partial charge in [-0.2, -0.15) is 0 Å². The lowest BCUT2D eigenvalue weighted by molar-refractivity contribution is 0.135.